The van der Waals surface area contributed by atoms with Gasteiger partial charge in [0.1, 0.15) is 6.61 Å². The van der Waals surface area contributed by atoms with Gasteiger partial charge in [-0.25, -0.2) is 4.79 Å². The first-order valence-electron chi connectivity index (χ1n) is 5.20. The van der Waals surface area contributed by atoms with Crippen LogP contribution in [0.2, 0.25) is 0 Å². The minimum atomic E-state index is -0.811. The molecule has 6 heteroatoms. The average Bonchev–Trinajstić information content (AvgIpc) is 2.08. The van der Waals surface area contributed by atoms with E-state index in [1.165, 1.54) is 0 Å². The number of amides is 2. The van der Waals surface area contributed by atoms with Crippen LogP contribution < -0.4 is 16.4 Å². The summed E-state index contributed by atoms with van der Waals surface area (Å²) in [6.45, 7) is 8.02. The molecular weight excluding hydrogens is 210 g/mol. The molecule has 0 aromatic heterocycles. The fourth-order valence-electron chi connectivity index (χ4n) is 0.998. The van der Waals surface area contributed by atoms with Crippen LogP contribution in [0.5, 0.6) is 0 Å². The molecule has 2 amide bonds. The fraction of sp³-hybridized carbons (Fsp3) is 0.800. The maximum Gasteiger partial charge on any atom is 0.404 e. The smallest absolute Gasteiger partial charge is 0.404 e. The summed E-state index contributed by atoms with van der Waals surface area (Å²) in [7, 11) is 0. The van der Waals surface area contributed by atoms with Crippen LogP contribution >= 0.6 is 0 Å². The van der Waals surface area contributed by atoms with Gasteiger partial charge in [-0.15, -0.1) is 0 Å². The van der Waals surface area contributed by atoms with Crippen molar-refractivity contribution in [2.45, 2.75) is 39.3 Å². The normalized spacial score (nSPS) is 13.0. The second-order valence-electron chi connectivity index (χ2n) is 4.58. The zero-order valence-electron chi connectivity index (χ0n) is 10.3. The van der Waals surface area contributed by atoms with E-state index in [1.54, 1.807) is 6.92 Å². The van der Waals surface area contributed by atoms with Gasteiger partial charge in [-0.3, -0.25) is 4.79 Å². The lowest BCUT2D eigenvalue weighted by Gasteiger charge is -2.23. The number of primary amides is 1. The predicted octanol–water partition coefficient (Wildman–Crippen LogP) is -0.0255. The van der Waals surface area contributed by atoms with Crippen LogP contribution in [0, 0.1) is 0 Å². The Morgan fingerprint density at radius 1 is 1.38 bits per heavy atom. The second-order valence-corrected chi connectivity index (χ2v) is 4.58. The van der Waals surface area contributed by atoms with Crippen molar-refractivity contribution >= 4 is 12.0 Å². The van der Waals surface area contributed by atoms with E-state index < -0.39 is 6.09 Å². The summed E-state index contributed by atoms with van der Waals surface area (Å²) < 4.78 is 4.52. The standard InChI is InChI=1S/C10H21N3O3/c1-7(8(14)13-10(2,3)4)12-5-6-16-9(11)15/h7,12H,5-6H2,1-4H3,(H2,11,15)(H,13,14). The SMILES string of the molecule is CC(NCCOC(N)=O)C(=O)NC(C)(C)C. The average molecular weight is 231 g/mol. The van der Waals surface area contributed by atoms with E-state index >= 15 is 0 Å². The zero-order valence-corrected chi connectivity index (χ0v) is 10.3. The number of carbonyl (C=O) groups excluding carboxylic acids is 2. The third-order valence-corrected chi connectivity index (χ3v) is 1.69. The highest BCUT2D eigenvalue weighted by Crippen LogP contribution is 1.99. The monoisotopic (exact) mass is 231 g/mol. The first-order valence-corrected chi connectivity index (χ1v) is 5.20. The van der Waals surface area contributed by atoms with E-state index in [-0.39, 0.29) is 24.1 Å². The van der Waals surface area contributed by atoms with Gasteiger partial charge in [-0.05, 0) is 27.7 Å². The minimum Gasteiger partial charge on any atom is -0.448 e. The van der Waals surface area contributed by atoms with Crippen LogP contribution in [0.25, 0.3) is 0 Å². The number of ether oxygens (including phenoxy) is 1. The van der Waals surface area contributed by atoms with Crippen LogP contribution in [0.1, 0.15) is 27.7 Å². The Labute approximate surface area is 95.9 Å². The highest BCUT2D eigenvalue weighted by atomic mass is 16.5. The maximum absolute atomic E-state index is 11.6. The number of hydrogen-bond acceptors (Lipinski definition) is 4. The molecule has 4 N–H and O–H groups in total. The summed E-state index contributed by atoms with van der Waals surface area (Å²) in [5.74, 6) is -0.0911. The van der Waals surface area contributed by atoms with E-state index in [9.17, 15) is 9.59 Å². The molecule has 0 aromatic rings. The Morgan fingerprint density at radius 2 is 1.94 bits per heavy atom. The molecule has 0 aliphatic heterocycles. The van der Waals surface area contributed by atoms with Gasteiger partial charge in [0, 0.05) is 12.1 Å². The summed E-state index contributed by atoms with van der Waals surface area (Å²) in [5, 5.41) is 5.75. The van der Waals surface area contributed by atoms with Crippen molar-refractivity contribution < 1.29 is 14.3 Å². The molecule has 0 spiro atoms. The molecule has 0 bridgehead atoms. The molecule has 1 unspecified atom stereocenters. The van der Waals surface area contributed by atoms with Gasteiger partial charge >= 0.3 is 6.09 Å². The Morgan fingerprint density at radius 3 is 2.38 bits per heavy atom. The van der Waals surface area contributed by atoms with Gasteiger partial charge in [0.05, 0.1) is 6.04 Å². The lowest BCUT2D eigenvalue weighted by atomic mass is 10.1. The van der Waals surface area contributed by atoms with Gasteiger partial charge in [-0.1, -0.05) is 0 Å². The molecule has 0 aliphatic rings. The Balaban J connectivity index is 3.76. The van der Waals surface area contributed by atoms with Crippen molar-refractivity contribution in [3.8, 4) is 0 Å². The van der Waals surface area contributed by atoms with E-state index in [2.05, 4.69) is 15.4 Å². The number of carbonyl (C=O) groups is 2. The highest BCUT2D eigenvalue weighted by Gasteiger charge is 2.18. The van der Waals surface area contributed by atoms with Gasteiger partial charge in [0.25, 0.3) is 0 Å². The van der Waals surface area contributed by atoms with Gasteiger partial charge in [0.15, 0.2) is 0 Å². The predicted molar refractivity (Wildman–Crippen MR) is 60.9 cm³/mol. The minimum absolute atomic E-state index is 0.0911. The number of hydrogen-bond donors (Lipinski definition) is 3. The number of rotatable bonds is 5. The van der Waals surface area contributed by atoms with Crippen LogP contribution in [0.15, 0.2) is 0 Å². The lowest BCUT2D eigenvalue weighted by molar-refractivity contribution is -0.124. The third kappa shape index (κ3) is 8.05. The maximum atomic E-state index is 11.6. The Kier molecular flexibility index (Phi) is 5.81. The molecule has 0 aliphatic carbocycles. The molecule has 0 heterocycles. The first-order chi connectivity index (χ1) is 7.22. The molecular formula is C10H21N3O3. The Bertz CT molecular complexity index is 248. The largest absolute Gasteiger partial charge is 0.448 e. The van der Waals surface area contributed by atoms with Gasteiger partial charge in [-0.2, -0.15) is 0 Å². The van der Waals surface area contributed by atoms with Crippen LogP contribution in [0.3, 0.4) is 0 Å². The number of nitrogens with two attached hydrogens (primary N) is 1. The van der Waals surface area contributed by atoms with Crippen molar-refractivity contribution in [1.29, 1.82) is 0 Å². The van der Waals surface area contributed by atoms with Crippen LogP contribution in [0.4, 0.5) is 4.79 Å². The molecule has 0 rings (SSSR count). The molecule has 0 radical (unpaired) electrons. The van der Waals surface area contributed by atoms with Crippen LogP contribution in [-0.2, 0) is 9.53 Å². The molecule has 6 nitrogen and oxygen atoms in total. The summed E-state index contributed by atoms with van der Waals surface area (Å²) in [6, 6.07) is -0.337. The summed E-state index contributed by atoms with van der Waals surface area (Å²) in [4.78, 5) is 21.8. The molecule has 0 saturated heterocycles. The van der Waals surface area contributed by atoms with Crippen molar-refractivity contribution in [2.24, 2.45) is 5.73 Å². The molecule has 1 atom stereocenters. The fourth-order valence-corrected chi connectivity index (χ4v) is 0.998. The quantitative estimate of drug-likeness (QED) is 0.579. The van der Waals surface area contributed by atoms with Crippen molar-refractivity contribution in [1.82, 2.24) is 10.6 Å². The molecule has 94 valence electrons. The van der Waals surface area contributed by atoms with Gasteiger partial charge in [0.2, 0.25) is 5.91 Å². The molecule has 16 heavy (non-hydrogen) atoms. The van der Waals surface area contributed by atoms with E-state index in [1.807, 2.05) is 20.8 Å². The van der Waals surface area contributed by atoms with Crippen molar-refractivity contribution in [3.63, 3.8) is 0 Å². The topological polar surface area (TPSA) is 93.4 Å². The molecule has 0 aromatic carbocycles. The lowest BCUT2D eigenvalue weighted by Crippen LogP contribution is -2.50. The first kappa shape index (κ1) is 14.7. The second kappa shape index (κ2) is 6.32. The van der Waals surface area contributed by atoms with E-state index in [0.717, 1.165) is 0 Å². The van der Waals surface area contributed by atoms with Crippen LogP contribution in [-0.4, -0.2) is 36.7 Å². The van der Waals surface area contributed by atoms with Crippen molar-refractivity contribution in [3.05, 3.63) is 0 Å². The summed E-state index contributed by atoms with van der Waals surface area (Å²) >= 11 is 0. The van der Waals surface area contributed by atoms with Crippen molar-refractivity contribution in [2.75, 3.05) is 13.2 Å². The third-order valence-electron chi connectivity index (χ3n) is 1.69. The number of nitrogens with one attached hydrogen (secondary N) is 2. The van der Waals surface area contributed by atoms with Gasteiger partial charge < -0.3 is 21.1 Å². The highest BCUT2D eigenvalue weighted by molar-refractivity contribution is 5.81. The Hall–Kier alpha value is -1.30. The zero-order chi connectivity index (χ0) is 12.8. The summed E-state index contributed by atoms with van der Waals surface area (Å²) in [6.07, 6.45) is -0.811. The molecule has 0 saturated carbocycles. The molecule has 0 fully saturated rings. The van der Waals surface area contributed by atoms with E-state index in [0.29, 0.717) is 6.54 Å². The van der Waals surface area contributed by atoms with E-state index in [4.69, 9.17) is 5.73 Å². The summed E-state index contributed by atoms with van der Waals surface area (Å²) in [5.41, 5.74) is 4.53.